The first-order valence-corrected chi connectivity index (χ1v) is 10.9. The van der Waals surface area contributed by atoms with Crippen LogP contribution in [-0.4, -0.2) is 28.0 Å². The van der Waals surface area contributed by atoms with Crippen molar-refractivity contribution in [3.63, 3.8) is 0 Å². The predicted molar refractivity (Wildman–Crippen MR) is 112 cm³/mol. The van der Waals surface area contributed by atoms with Crippen molar-refractivity contribution in [2.45, 2.75) is 4.21 Å². The Morgan fingerprint density at radius 3 is 2.54 bits per heavy atom. The lowest BCUT2D eigenvalue weighted by Gasteiger charge is -2.18. The molecule has 0 fully saturated rings. The van der Waals surface area contributed by atoms with Gasteiger partial charge in [0.2, 0.25) is 0 Å². The minimum atomic E-state index is -3.59. The number of nitrogens with one attached hydrogen (secondary N) is 1. The van der Waals surface area contributed by atoms with E-state index in [1.165, 1.54) is 11.4 Å². The van der Waals surface area contributed by atoms with Crippen LogP contribution in [0.25, 0.3) is 0 Å². The summed E-state index contributed by atoms with van der Waals surface area (Å²) in [6.45, 7) is -0.185. The second-order valence-electron chi connectivity index (χ2n) is 5.75. The molecule has 0 saturated heterocycles. The van der Waals surface area contributed by atoms with Crippen molar-refractivity contribution < 1.29 is 17.9 Å². The zero-order chi connectivity index (χ0) is 20.1. The number of benzene rings is 2. The normalized spacial score (nSPS) is 11.1. The molecule has 1 N–H and O–H groups in total. The lowest BCUT2D eigenvalue weighted by molar-refractivity contribution is -0.118. The summed E-state index contributed by atoms with van der Waals surface area (Å²) in [4.78, 5) is 12.0. The first-order valence-electron chi connectivity index (χ1n) is 8.17. The van der Waals surface area contributed by atoms with Crippen molar-refractivity contribution in [2.24, 2.45) is 0 Å². The number of anilines is 2. The molecule has 0 spiro atoms. The molecular weight excluding hydrogens is 420 g/mol. The monoisotopic (exact) mass is 436 g/mol. The molecule has 1 aromatic heterocycles. The van der Waals surface area contributed by atoms with Gasteiger partial charge >= 0.3 is 0 Å². The molecule has 0 aliphatic rings. The van der Waals surface area contributed by atoms with Gasteiger partial charge in [-0.1, -0.05) is 23.7 Å². The fraction of sp³-hybridized carbons (Fsp3) is 0.105. The number of halogens is 1. The Labute approximate surface area is 172 Å². The highest BCUT2D eigenvalue weighted by Crippen LogP contribution is 2.26. The molecule has 2 aromatic carbocycles. The Hall–Kier alpha value is -2.55. The topological polar surface area (TPSA) is 75.7 Å². The summed E-state index contributed by atoms with van der Waals surface area (Å²) in [5.41, 5.74) is 1.07. The Kier molecular flexibility index (Phi) is 6.23. The van der Waals surface area contributed by atoms with E-state index in [0.29, 0.717) is 22.1 Å². The van der Waals surface area contributed by atoms with Gasteiger partial charge in [-0.05, 0) is 53.9 Å². The van der Waals surface area contributed by atoms with Crippen molar-refractivity contribution in [1.29, 1.82) is 0 Å². The first-order chi connectivity index (χ1) is 13.4. The minimum absolute atomic E-state index is 0.185. The molecule has 3 aromatic rings. The fourth-order valence-corrected chi connectivity index (χ4v) is 4.90. The molecule has 0 aliphatic heterocycles. The lowest BCUT2D eigenvalue weighted by atomic mass is 10.3. The quantitative estimate of drug-likeness (QED) is 0.600. The van der Waals surface area contributed by atoms with E-state index in [-0.39, 0.29) is 16.7 Å². The SMILES string of the molecule is CN(c1ccc(OCC(=O)Nc2cccc(Cl)c2)cc1)S(=O)(=O)c1cccs1. The fourth-order valence-electron chi connectivity index (χ4n) is 2.35. The van der Waals surface area contributed by atoms with Crippen LogP contribution in [0.5, 0.6) is 5.75 Å². The van der Waals surface area contributed by atoms with E-state index in [4.69, 9.17) is 16.3 Å². The molecule has 9 heteroatoms. The molecule has 0 atom stereocenters. The summed E-state index contributed by atoms with van der Waals surface area (Å²) in [5.74, 6) is 0.121. The summed E-state index contributed by atoms with van der Waals surface area (Å²) in [6, 6.07) is 16.5. The molecule has 0 bridgehead atoms. The highest BCUT2D eigenvalue weighted by molar-refractivity contribution is 7.94. The Morgan fingerprint density at radius 2 is 1.89 bits per heavy atom. The molecule has 0 radical (unpaired) electrons. The molecule has 1 amide bonds. The first kappa shape index (κ1) is 20.2. The third-order valence-electron chi connectivity index (χ3n) is 3.79. The maximum atomic E-state index is 12.5. The van der Waals surface area contributed by atoms with Crippen LogP contribution in [0.4, 0.5) is 11.4 Å². The molecule has 0 unspecified atom stereocenters. The van der Waals surface area contributed by atoms with Gasteiger partial charge in [0.05, 0.1) is 5.69 Å². The summed E-state index contributed by atoms with van der Waals surface area (Å²) >= 11 is 7.04. The number of amides is 1. The molecule has 146 valence electrons. The number of carbonyl (C=O) groups excluding carboxylic acids is 1. The zero-order valence-corrected chi connectivity index (χ0v) is 17.2. The number of hydrogen-bond acceptors (Lipinski definition) is 5. The molecule has 0 saturated carbocycles. The summed E-state index contributed by atoms with van der Waals surface area (Å²) < 4.78 is 32.0. The predicted octanol–water partition coefficient (Wildman–Crippen LogP) is 4.24. The maximum Gasteiger partial charge on any atom is 0.273 e. The van der Waals surface area contributed by atoms with Crippen molar-refractivity contribution >= 4 is 50.2 Å². The van der Waals surface area contributed by atoms with Gasteiger partial charge in [0, 0.05) is 17.8 Å². The average molecular weight is 437 g/mol. The van der Waals surface area contributed by atoms with Crippen molar-refractivity contribution in [3.8, 4) is 5.75 Å². The molecule has 1 heterocycles. The van der Waals surface area contributed by atoms with Crippen LogP contribution in [0, 0.1) is 0 Å². The van der Waals surface area contributed by atoms with Crippen LogP contribution in [0.2, 0.25) is 5.02 Å². The molecule has 28 heavy (non-hydrogen) atoms. The molecular formula is C19H17ClN2O4S2. The molecule has 0 aliphatic carbocycles. The molecule has 3 rings (SSSR count). The van der Waals surface area contributed by atoms with Crippen LogP contribution in [-0.2, 0) is 14.8 Å². The van der Waals surface area contributed by atoms with Crippen LogP contribution < -0.4 is 14.4 Å². The average Bonchev–Trinajstić information content (AvgIpc) is 3.22. The maximum absolute atomic E-state index is 12.5. The standard InChI is InChI=1S/C19H17ClN2O4S2/c1-22(28(24,25)19-6-3-11-27-19)16-7-9-17(10-8-16)26-13-18(23)21-15-5-2-4-14(20)12-15/h2-12H,13H2,1H3,(H,21,23). The van der Waals surface area contributed by atoms with E-state index in [2.05, 4.69) is 5.32 Å². The summed E-state index contributed by atoms with van der Waals surface area (Å²) in [5, 5.41) is 4.92. The van der Waals surface area contributed by atoms with Gasteiger partial charge in [-0.3, -0.25) is 9.10 Å². The van der Waals surface area contributed by atoms with Gasteiger partial charge < -0.3 is 10.1 Å². The minimum Gasteiger partial charge on any atom is -0.484 e. The largest absolute Gasteiger partial charge is 0.484 e. The summed E-state index contributed by atoms with van der Waals surface area (Å²) in [7, 11) is -2.10. The van der Waals surface area contributed by atoms with E-state index in [0.717, 1.165) is 11.3 Å². The number of rotatable bonds is 7. The third kappa shape index (κ3) is 4.83. The lowest BCUT2D eigenvalue weighted by Crippen LogP contribution is -2.25. The van der Waals surface area contributed by atoms with Crippen molar-refractivity contribution in [3.05, 3.63) is 71.1 Å². The summed E-state index contributed by atoms with van der Waals surface area (Å²) in [6.07, 6.45) is 0. The number of ether oxygens (including phenoxy) is 1. The number of nitrogens with zero attached hydrogens (tertiary/aromatic N) is 1. The Balaban J connectivity index is 1.59. The Bertz CT molecular complexity index is 1050. The van der Waals surface area contributed by atoms with Crippen molar-refractivity contribution in [2.75, 3.05) is 23.3 Å². The van der Waals surface area contributed by atoms with Gasteiger partial charge in [-0.2, -0.15) is 0 Å². The number of sulfonamides is 1. The van der Waals surface area contributed by atoms with E-state index in [1.54, 1.807) is 66.0 Å². The zero-order valence-electron chi connectivity index (χ0n) is 14.8. The van der Waals surface area contributed by atoms with Gasteiger partial charge in [-0.25, -0.2) is 8.42 Å². The van der Waals surface area contributed by atoms with Crippen LogP contribution >= 0.6 is 22.9 Å². The second-order valence-corrected chi connectivity index (χ2v) is 9.33. The Morgan fingerprint density at radius 1 is 1.14 bits per heavy atom. The number of hydrogen-bond donors (Lipinski definition) is 1. The number of thiophene rings is 1. The van der Waals surface area contributed by atoms with E-state index in [1.807, 2.05) is 0 Å². The van der Waals surface area contributed by atoms with Crippen LogP contribution in [0.3, 0.4) is 0 Å². The second kappa shape index (κ2) is 8.64. The third-order valence-corrected chi connectivity index (χ3v) is 7.18. The van der Waals surface area contributed by atoms with E-state index >= 15 is 0 Å². The highest BCUT2D eigenvalue weighted by Gasteiger charge is 2.22. The van der Waals surface area contributed by atoms with Gasteiger partial charge in [-0.15, -0.1) is 11.3 Å². The van der Waals surface area contributed by atoms with E-state index < -0.39 is 10.0 Å². The van der Waals surface area contributed by atoms with Gasteiger partial charge in [0.25, 0.3) is 15.9 Å². The van der Waals surface area contributed by atoms with Gasteiger partial charge in [0.1, 0.15) is 9.96 Å². The van der Waals surface area contributed by atoms with Crippen LogP contribution in [0.1, 0.15) is 0 Å². The molecule has 6 nitrogen and oxygen atoms in total. The van der Waals surface area contributed by atoms with Crippen molar-refractivity contribution in [1.82, 2.24) is 0 Å². The van der Waals surface area contributed by atoms with Gasteiger partial charge in [0.15, 0.2) is 6.61 Å². The highest BCUT2D eigenvalue weighted by atomic mass is 35.5. The van der Waals surface area contributed by atoms with Crippen LogP contribution in [0.15, 0.2) is 70.3 Å². The van der Waals surface area contributed by atoms with E-state index in [9.17, 15) is 13.2 Å². The smallest absolute Gasteiger partial charge is 0.273 e. The number of carbonyl (C=O) groups is 1.